The molecule has 118 valence electrons. The van der Waals surface area contributed by atoms with Gasteiger partial charge in [-0.15, -0.1) is 0 Å². The molecule has 0 aromatic heterocycles. The molecule has 0 heterocycles. The summed E-state index contributed by atoms with van der Waals surface area (Å²) in [6.45, 7) is 8.59. The van der Waals surface area contributed by atoms with Crippen LogP contribution in [0.3, 0.4) is 0 Å². The van der Waals surface area contributed by atoms with Gasteiger partial charge in [-0.1, -0.05) is 19.9 Å². The highest BCUT2D eigenvalue weighted by Crippen LogP contribution is 2.36. The second-order valence-electron chi connectivity index (χ2n) is 4.44. The van der Waals surface area contributed by atoms with Crippen molar-refractivity contribution in [1.29, 1.82) is 0 Å². The molecule has 0 saturated carbocycles. The molecule has 0 amide bonds. The lowest BCUT2D eigenvalue weighted by Crippen LogP contribution is -2.35. The largest absolute Gasteiger partial charge is 0.469 e. The van der Waals surface area contributed by atoms with Crippen molar-refractivity contribution in [2.24, 2.45) is 0 Å². The van der Waals surface area contributed by atoms with Crippen LogP contribution >= 0.6 is 7.82 Å². The molecule has 0 radical (unpaired) electrons. The van der Waals surface area contributed by atoms with Crippen LogP contribution in [-0.4, -0.2) is 41.2 Å². The minimum atomic E-state index is -4.63. The van der Waals surface area contributed by atoms with E-state index in [4.69, 9.17) is 19.3 Å². The fourth-order valence-corrected chi connectivity index (χ4v) is 1.54. The maximum absolute atomic E-state index is 11.5. The van der Waals surface area contributed by atoms with E-state index in [0.29, 0.717) is 6.61 Å². The Kier molecular flexibility index (Phi) is 8.93. The summed E-state index contributed by atoms with van der Waals surface area (Å²) in [5, 5.41) is 0. The third kappa shape index (κ3) is 9.23. The molecule has 2 atom stereocenters. The monoisotopic (exact) mass is 310 g/mol. The quantitative estimate of drug-likeness (QED) is 0.274. The summed E-state index contributed by atoms with van der Waals surface area (Å²) in [6, 6.07) is 0. The van der Waals surface area contributed by atoms with Gasteiger partial charge in [0.25, 0.3) is 0 Å². The lowest BCUT2D eigenvalue weighted by molar-refractivity contribution is -0.155. The van der Waals surface area contributed by atoms with E-state index in [1.54, 1.807) is 6.92 Å². The number of ether oxygens (including phenoxy) is 2. The van der Waals surface area contributed by atoms with Crippen LogP contribution in [0.5, 0.6) is 0 Å². The van der Waals surface area contributed by atoms with Gasteiger partial charge in [0.05, 0.1) is 12.7 Å². The fourth-order valence-electron chi connectivity index (χ4n) is 1.19. The molecule has 0 aliphatic rings. The van der Waals surface area contributed by atoms with Gasteiger partial charge in [0.15, 0.2) is 6.10 Å². The van der Waals surface area contributed by atoms with E-state index in [9.17, 15) is 9.36 Å². The minimum Gasteiger partial charge on any atom is -0.454 e. The van der Waals surface area contributed by atoms with Crippen LogP contribution < -0.4 is 0 Å². The molecule has 7 nitrogen and oxygen atoms in total. The first kappa shape index (κ1) is 19.3. The van der Waals surface area contributed by atoms with Crippen LogP contribution in [0.4, 0.5) is 0 Å². The number of esters is 1. The Hall–Kier alpha value is -0.720. The average molecular weight is 310 g/mol. The van der Waals surface area contributed by atoms with Crippen molar-refractivity contribution in [1.82, 2.24) is 0 Å². The molecule has 20 heavy (non-hydrogen) atoms. The third-order valence-electron chi connectivity index (χ3n) is 2.42. The maximum Gasteiger partial charge on any atom is 0.469 e. The van der Waals surface area contributed by atoms with Gasteiger partial charge >= 0.3 is 13.8 Å². The summed E-state index contributed by atoms with van der Waals surface area (Å²) in [7, 11) is -4.63. The Morgan fingerprint density at radius 3 is 2.45 bits per heavy atom. The highest BCUT2D eigenvalue weighted by atomic mass is 31.2. The molecule has 0 aliphatic heterocycles. The molecule has 8 heteroatoms. The molecule has 0 aliphatic carbocycles. The van der Waals surface area contributed by atoms with Crippen molar-refractivity contribution in [3.8, 4) is 0 Å². The Morgan fingerprint density at radius 2 is 2.00 bits per heavy atom. The number of carbonyl (C=O) groups is 1. The molecule has 0 rings (SSSR count). The van der Waals surface area contributed by atoms with Gasteiger partial charge in [-0.05, 0) is 20.3 Å². The SMILES string of the molecule is C=C(C)C(=O)OC(COP(=O)(O)O)C(C)OCCCC. The zero-order chi connectivity index (χ0) is 15.8. The van der Waals surface area contributed by atoms with Crippen LogP contribution in [0.2, 0.25) is 0 Å². The summed E-state index contributed by atoms with van der Waals surface area (Å²) < 4.78 is 25.6. The summed E-state index contributed by atoms with van der Waals surface area (Å²) in [5.41, 5.74) is 0.187. The molecule has 0 bridgehead atoms. The van der Waals surface area contributed by atoms with Gasteiger partial charge in [-0.2, -0.15) is 0 Å². The van der Waals surface area contributed by atoms with Gasteiger partial charge in [0.2, 0.25) is 0 Å². The molecular formula is C12H23O7P. The fraction of sp³-hybridized carbons (Fsp3) is 0.750. The van der Waals surface area contributed by atoms with E-state index in [-0.39, 0.29) is 5.57 Å². The molecule has 0 aromatic carbocycles. The Bertz CT molecular complexity index is 363. The van der Waals surface area contributed by atoms with Gasteiger partial charge in [-0.3, -0.25) is 4.52 Å². The van der Waals surface area contributed by atoms with E-state index < -0.39 is 32.6 Å². The molecular weight excluding hydrogens is 287 g/mol. The van der Waals surface area contributed by atoms with Crippen LogP contribution in [0, 0.1) is 0 Å². The smallest absolute Gasteiger partial charge is 0.454 e. The normalized spacial score (nSPS) is 14.7. The molecule has 0 fully saturated rings. The topological polar surface area (TPSA) is 102 Å². The molecule has 2 unspecified atom stereocenters. The minimum absolute atomic E-state index is 0.187. The number of phosphoric ester groups is 1. The van der Waals surface area contributed by atoms with E-state index in [1.807, 2.05) is 6.92 Å². The number of phosphoric acid groups is 1. The number of carbonyl (C=O) groups excluding carboxylic acids is 1. The van der Waals surface area contributed by atoms with Crippen molar-refractivity contribution in [2.45, 2.75) is 45.8 Å². The van der Waals surface area contributed by atoms with Gasteiger partial charge in [0, 0.05) is 12.2 Å². The predicted octanol–water partition coefficient (Wildman–Crippen LogP) is 1.79. The Morgan fingerprint density at radius 1 is 1.40 bits per heavy atom. The maximum atomic E-state index is 11.5. The van der Waals surface area contributed by atoms with E-state index >= 15 is 0 Å². The molecule has 0 aromatic rings. The third-order valence-corrected chi connectivity index (χ3v) is 2.90. The summed E-state index contributed by atoms with van der Waals surface area (Å²) in [6.07, 6.45) is 0.326. The van der Waals surface area contributed by atoms with Crippen molar-refractivity contribution < 1.29 is 33.1 Å². The zero-order valence-corrected chi connectivity index (χ0v) is 13.0. The number of rotatable bonds is 10. The summed E-state index contributed by atoms with van der Waals surface area (Å²) in [5.74, 6) is -0.657. The predicted molar refractivity (Wildman–Crippen MR) is 73.0 cm³/mol. The summed E-state index contributed by atoms with van der Waals surface area (Å²) in [4.78, 5) is 28.9. The first-order chi connectivity index (χ1) is 9.17. The lowest BCUT2D eigenvalue weighted by atomic mass is 10.2. The van der Waals surface area contributed by atoms with E-state index in [0.717, 1.165) is 12.8 Å². The van der Waals surface area contributed by atoms with Crippen LogP contribution in [0.25, 0.3) is 0 Å². The average Bonchev–Trinajstić information content (AvgIpc) is 2.32. The first-order valence-electron chi connectivity index (χ1n) is 6.35. The van der Waals surface area contributed by atoms with Gasteiger partial charge in [0.1, 0.15) is 0 Å². The standard InChI is InChI=1S/C12H23O7P/c1-5-6-7-17-10(4)11(8-18-20(14,15)16)19-12(13)9(2)3/h10-11H,2,5-8H2,1,3-4H3,(H2,14,15,16). The molecule has 2 N–H and O–H groups in total. The number of unbranched alkanes of at least 4 members (excludes halogenated alkanes) is 1. The zero-order valence-electron chi connectivity index (χ0n) is 12.1. The Balaban J connectivity index is 4.55. The second kappa shape index (κ2) is 9.26. The Labute approximate surface area is 119 Å². The lowest BCUT2D eigenvalue weighted by Gasteiger charge is -2.24. The highest BCUT2D eigenvalue weighted by Gasteiger charge is 2.26. The van der Waals surface area contributed by atoms with E-state index in [2.05, 4.69) is 11.1 Å². The van der Waals surface area contributed by atoms with Crippen molar-refractivity contribution >= 4 is 13.8 Å². The first-order valence-corrected chi connectivity index (χ1v) is 7.88. The van der Waals surface area contributed by atoms with Crippen molar-refractivity contribution in [3.63, 3.8) is 0 Å². The van der Waals surface area contributed by atoms with Crippen molar-refractivity contribution in [3.05, 3.63) is 12.2 Å². The molecule has 0 spiro atoms. The van der Waals surface area contributed by atoms with Crippen LogP contribution in [0.15, 0.2) is 12.2 Å². The van der Waals surface area contributed by atoms with Crippen molar-refractivity contribution in [2.75, 3.05) is 13.2 Å². The van der Waals surface area contributed by atoms with Gasteiger partial charge in [-0.25, -0.2) is 9.36 Å². The highest BCUT2D eigenvalue weighted by molar-refractivity contribution is 7.46. The molecule has 0 saturated heterocycles. The van der Waals surface area contributed by atoms with Crippen LogP contribution in [-0.2, 0) is 23.4 Å². The summed E-state index contributed by atoms with van der Waals surface area (Å²) >= 11 is 0. The van der Waals surface area contributed by atoms with Gasteiger partial charge < -0.3 is 19.3 Å². The van der Waals surface area contributed by atoms with Crippen LogP contribution in [0.1, 0.15) is 33.6 Å². The van der Waals surface area contributed by atoms with E-state index in [1.165, 1.54) is 6.92 Å². The second-order valence-corrected chi connectivity index (χ2v) is 5.68. The number of hydrogen-bond acceptors (Lipinski definition) is 5. The number of hydrogen-bond donors (Lipinski definition) is 2.